The van der Waals surface area contributed by atoms with Gasteiger partial charge in [-0.2, -0.15) is 0 Å². The first kappa shape index (κ1) is 14.2. The second kappa shape index (κ2) is 5.41. The zero-order valence-electron chi connectivity index (χ0n) is 10.3. The third-order valence-electron chi connectivity index (χ3n) is 3.32. The Morgan fingerprint density at radius 3 is 2.53 bits per heavy atom. The molecule has 0 aliphatic heterocycles. The summed E-state index contributed by atoms with van der Waals surface area (Å²) >= 11 is 5.83. The molecule has 0 unspecified atom stereocenters. The van der Waals surface area contributed by atoms with E-state index in [2.05, 4.69) is 0 Å². The summed E-state index contributed by atoms with van der Waals surface area (Å²) < 4.78 is 39.3. The number of carbonyl (C=O) groups is 1. The van der Waals surface area contributed by atoms with Crippen LogP contribution in [0.15, 0.2) is 12.1 Å². The molecule has 0 aromatic heterocycles. The van der Waals surface area contributed by atoms with Crippen molar-refractivity contribution in [3.05, 3.63) is 35.1 Å². The van der Waals surface area contributed by atoms with E-state index in [0.717, 1.165) is 25.0 Å². The molecule has 104 valence electrons. The Hall–Kier alpha value is -1.23. The largest absolute Gasteiger partial charge is 0.341 e. The van der Waals surface area contributed by atoms with Gasteiger partial charge in [0.1, 0.15) is 0 Å². The monoisotopic (exact) mass is 291 g/mol. The summed E-state index contributed by atoms with van der Waals surface area (Å²) in [4.78, 5) is 13.3. The van der Waals surface area contributed by atoms with Crippen LogP contribution in [0.1, 0.15) is 23.2 Å². The molecule has 0 radical (unpaired) electrons. The van der Waals surface area contributed by atoms with Gasteiger partial charge in [-0.3, -0.25) is 4.79 Å². The summed E-state index contributed by atoms with van der Waals surface area (Å²) in [6, 6.07) is 1.70. The van der Waals surface area contributed by atoms with E-state index in [-0.39, 0.29) is 11.3 Å². The van der Waals surface area contributed by atoms with Crippen molar-refractivity contribution in [3.8, 4) is 0 Å². The Kier molecular flexibility index (Phi) is 4.04. The van der Waals surface area contributed by atoms with Crippen LogP contribution in [0, 0.1) is 23.4 Å². The molecule has 0 bridgehead atoms. The van der Waals surface area contributed by atoms with Gasteiger partial charge >= 0.3 is 0 Å². The highest BCUT2D eigenvalue weighted by atomic mass is 35.5. The molecule has 1 aromatic carbocycles. The third kappa shape index (κ3) is 2.86. The van der Waals surface area contributed by atoms with Crippen molar-refractivity contribution in [3.63, 3.8) is 0 Å². The lowest BCUT2D eigenvalue weighted by Crippen LogP contribution is -2.38. The molecule has 1 fully saturated rings. The van der Waals surface area contributed by atoms with Crippen molar-refractivity contribution in [2.24, 2.45) is 5.92 Å². The minimum absolute atomic E-state index is 0.133. The number of rotatable bonds is 3. The van der Waals surface area contributed by atoms with Gasteiger partial charge in [-0.15, -0.1) is 11.6 Å². The van der Waals surface area contributed by atoms with E-state index in [0.29, 0.717) is 6.54 Å². The van der Waals surface area contributed by atoms with E-state index in [1.807, 2.05) is 0 Å². The Morgan fingerprint density at radius 2 is 1.95 bits per heavy atom. The van der Waals surface area contributed by atoms with E-state index in [1.165, 1.54) is 11.9 Å². The van der Waals surface area contributed by atoms with Crippen LogP contribution in [-0.4, -0.2) is 29.8 Å². The van der Waals surface area contributed by atoms with E-state index >= 15 is 0 Å². The Morgan fingerprint density at radius 1 is 1.32 bits per heavy atom. The molecule has 1 aliphatic carbocycles. The van der Waals surface area contributed by atoms with Crippen LogP contribution in [0.4, 0.5) is 13.2 Å². The highest BCUT2D eigenvalue weighted by molar-refractivity contribution is 6.21. The molecule has 0 spiro atoms. The maximum atomic E-state index is 13.5. The maximum absolute atomic E-state index is 13.5. The van der Waals surface area contributed by atoms with Crippen LogP contribution in [0.5, 0.6) is 0 Å². The molecule has 1 amide bonds. The molecule has 19 heavy (non-hydrogen) atoms. The van der Waals surface area contributed by atoms with Crippen LogP contribution < -0.4 is 0 Å². The number of benzene rings is 1. The molecule has 0 heterocycles. The van der Waals surface area contributed by atoms with Gasteiger partial charge < -0.3 is 4.90 Å². The number of hydrogen-bond donors (Lipinski definition) is 0. The minimum Gasteiger partial charge on any atom is -0.341 e. The normalized spacial score (nSPS) is 21.9. The smallest absolute Gasteiger partial charge is 0.256 e. The fraction of sp³-hybridized carbons (Fsp3) is 0.462. The van der Waals surface area contributed by atoms with E-state index in [4.69, 9.17) is 11.6 Å². The Bertz CT molecular complexity index is 503. The number of amides is 1. The number of nitrogens with zero attached hydrogens (tertiary/aromatic N) is 1. The minimum atomic E-state index is -1.62. The van der Waals surface area contributed by atoms with Crippen molar-refractivity contribution >= 4 is 17.5 Å². The standard InChI is InChI=1S/C13H13ClF3NO/c1-18(6-7-4-8(14)5-7)13(19)9-2-3-10(15)12(17)11(9)16/h2-3,7-8H,4-6H2,1H3. The molecule has 1 saturated carbocycles. The lowest BCUT2D eigenvalue weighted by Gasteiger charge is -2.34. The average Bonchev–Trinajstić information content (AvgIpc) is 2.33. The first-order chi connectivity index (χ1) is 8.90. The number of halogens is 4. The highest BCUT2D eigenvalue weighted by Crippen LogP contribution is 2.32. The second-order valence-electron chi connectivity index (χ2n) is 4.84. The van der Waals surface area contributed by atoms with Crippen LogP contribution in [0.3, 0.4) is 0 Å². The molecule has 0 atom stereocenters. The average molecular weight is 292 g/mol. The van der Waals surface area contributed by atoms with Gasteiger partial charge in [0.05, 0.1) is 5.56 Å². The van der Waals surface area contributed by atoms with E-state index in [1.54, 1.807) is 0 Å². The number of alkyl halides is 1. The Labute approximate surface area is 114 Å². The summed E-state index contributed by atoms with van der Waals surface area (Å²) in [5, 5.41) is 0.133. The zero-order valence-corrected chi connectivity index (χ0v) is 11.1. The zero-order chi connectivity index (χ0) is 14.2. The third-order valence-corrected chi connectivity index (χ3v) is 3.68. The van der Waals surface area contributed by atoms with Crippen molar-refractivity contribution < 1.29 is 18.0 Å². The topological polar surface area (TPSA) is 20.3 Å². The molecule has 0 N–H and O–H groups in total. The van der Waals surface area contributed by atoms with Crippen LogP contribution in [0.2, 0.25) is 0 Å². The van der Waals surface area contributed by atoms with E-state index < -0.39 is 28.9 Å². The molecular weight excluding hydrogens is 279 g/mol. The summed E-state index contributed by atoms with van der Waals surface area (Å²) in [7, 11) is 1.50. The van der Waals surface area contributed by atoms with Gasteiger partial charge in [0.2, 0.25) is 0 Å². The quantitative estimate of drug-likeness (QED) is 0.619. The molecule has 1 aromatic rings. The lowest BCUT2D eigenvalue weighted by molar-refractivity contribution is 0.0741. The summed E-state index contributed by atoms with van der Waals surface area (Å²) in [5.74, 6) is -4.75. The summed E-state index contributed by atoms with van der Waals surface area (Å²) in [5.41, 5.74) is -0.455. The van der Waals surface area contributed by atoms with Gasteiger partial charge in [-0.05, 0) is 30.9 Å². The number of hydrogen-bond acceptors (Lipinski definition) is 1. The molecular formula is C13H13ClF3NO. The molecule has 0 saturated heterocycles. The summed E-state index contributed by atoms with van der Waals surface area (Å²) in [6.45, 7) is 0.431. The predicted octanol–water partition coefficient (Wildman–Crippen LogP) is 3.19. The fourth-order valence-corrected chi connectivity index (χ4v) is 2.67. The van der Waals surface area contributed by atoms with Crippen molar-refractivity contribution in [2.45, 2.75) is 18.2 Å². The molecule has 6 heteroatoms. The maximum Gasteiger partial charge on any atom is 0.256 e. The second-order valence-corrected chi connectivity index (χ2v) is 5.46. The van der Waals surface area contributed by atoms with Crippen molar-refractivity contribution in [1.82, 2.24) is 4.90 Å². The predicted molar refractivity (Wildman–Crippen MR) is 65.6 cm³/mol. The fourth-order valence-electron chi connectivity index (χ4n) is 2.17. The van der Waals surface area contributed by atoms with Gasteiger partial charge in [-0.1, -0.05) is 0 Å². The Balaban J connectivity index is 2.09. The first-order valence-electron chi connectivity index (χ1n) is 5.93. The van der Waals surface area contributed by atoms with Crippen molar-refractivity contribution in [2.75, 3.05) is 13.6 Å². The first-order valence-corrected chi connectivity index (χ1v) is 6.36. The highest BCUT2D eigenvalue weighted by Gasteiger charge is 2.30. The van der Waals surface area contributed by atoms with Crippen LogP contribution in [-0.2, 0) is 0 Å². The lowest BCUT2D eigenvalue weighted by atomic mass is 9.84. The van der Waals surface area contributed by atoms with Gasteiger partial charge in [0, 0.05) is 19.0 Å². The van der Waals surface area contributed by atoms with Gasteiger partial charge in [-0.25, -0.2) is 13.2 Å². The van der Waals surface area contributed by atoms with Crippen molar-refractivity contribution in [1.29, 1.82) is 0 Å². The molecule has 2 rings (SSSR count). The SMILES string of the molecule is CN(CC1CC(Cl)C1)C(=O)c1ccc(F)c(F)c1F. The molecule has 1 aliphatic rings. The number of carbonyl (C=O) groups excluding carboxylic acids is 1. The van der Waals surface area contributed by atoms with Crippen LogP contribution >= 0.6 is 11.6 Å². The molecule has 2 nitrogen and oxygen atoms in total. The van der Waals surface area contributed by atoms with Gasteiger partial charge in [0.25, 0.3) is 5.91 Å². The van der Waals surface area contributed by atoms with E-state index in [9.17, 15) is 18.0 Å². The summed E-state index contributed by atoms with van der Waals surface area (Å²) in [6.07, 6.45) is 1.61. The van der Waals surface area contributed by atoms with Crippen LogP contribution in [0.25, 0.3) is 0 Å². The van der Waals surface area contributed by atoms with Gasteiger partial charge in [0.15, 0.2) is 17.5 Å².